The van der Waals surface area contributed by atoms with E-state index in [0.29, 0.717) is 37.5 Å². The van der Waals surface area contributed by atoms with Crippen molar-refractivity contribution in [1.82, 2.24) is 4.90 Å². The normalized spacial score (nSPS) is 21.2. The Hall–Kier alpha value is -1.86. The summed E-state index contributed by atoms with van der Waals surface area (Å²) in [7, 11) is 1.57. The summed E-state index contributed by atoms with van der Waals surface area (Å²) in [5.41, 5.74) is 1.55. The predicted molar refractivity (Wildman–Crippen MR) is 162 cm³/mol. The van der Waals surface area contributed by atoms with E-state index in [1.807, 2.05) is 23.1 Å². The van der Waals surface area contributed by atoms with E-state index < -0.39 is 0 Å². The number of carbonyl (C=O) groups excluding carboxylic acids is 1. The SMILES string of the molecule is COc1cc(C=C2SC(=NC3CCCCC3)N(C3CCCCC3)C2=O)cc(Cl)c1OCc1ccc(Cl)cc1Cl. The summed E-state index contributed by atoms with van der Waals surface area (Å²) >= 11 is 20.5. The molecule has 2 saturated carbocycles. The van der Waals surface area contributed by atoms with E-state index in [1.54, 1.807) is 25.3 Å². The Bertz CT molecular complexity index is 1270. The first-order chi connectivity index (χ1) is 18.9. The first-order valence-electron chi connectivity index (χ1n) is 13.7. The topological polar surface area (TPSA) is 51.1 Å². The van der Waals surface area contributed by atoms with Crippen LogP contribution in [0, 0.1) is 0 Å². The van der Waals surface area contributed by atoms with Crippen LogP contribution in [0.2, 0.25) is 15.1 Å². The van der Waals surface area contributed by atoms with Crippen LogP contribution in [0.3, 0.4) is 0 Å². The highest BCUT2D eigenvalue weighted by molar-refractivity contribution is 8.18. The third kappa shape index (κ3) is 6.90. The van der Waals surface area contributed by atoms with Crippen LogP contribution in [-0.4, -0.2) is 35.2 Å². The van der Waals surface area contributed by atoms with Crippen molar-refractivity contribution in [1.29, 1.82) is 0 Å². The predicted octanol–water partition coefficient (Wildman–Crippen LogP) is 9.17. The van der Waals surface area contributed by atoms with E-state index in [9.17, 15) is 4.79 Å². The van der Waals surface area contributed by atoms with Crippen molar-refractivity contribution >= 4 is 63.7 Å². The number of amides is 1. The van der Waals surface area contributed by atoms with Crippen LogP contribution in [-0.2, 0) is 11.4 Å². The molecule has 2 aromatic rings. The molecule has 3 fully saturated rings. The number of thioether (sulfide) groups is 1. The Morgan fingerprint density at radius 3 is 2.38 bits per heavy atom. The standard InChI is InChI=1S/C30H33Cl3N2O3S/c1-37-26-15-19(14-25(33)28(26)38-18-20-12-13-21(31)17-24(20)32)16-27-29(36)35(23-10-6-3-7-11-23)30(39-27)34-22-8-4-2-5-9-22/h12-17,22-23H,2-11,18H2,1H3. The molecule has 0 radical (unpaired) electrons. The van der Waals surface area contributed by atoms with Gasteiger partial charge in [0, 0.05) is 21.7 Å². The summed E-state index contributed by atoms with van der Waals surface area (Å²) < 4.78 is 11.6. The molecule has 5 rings (SSSR count). The largest absolute Gasteiger partial charge is 0.493 e. The zero-order valence-electron chi connectivity index (χ0n) is 22.1. The minimum atomic E-state index is 0.0363. The molecule has 39 heavy (non-hydrogen) atoms. The fraction of sp³-hybridized carbons (Fsp3) is 0.467. The van der Waals surface area contributed by atoms with E-state index in [2.05, 4.69) is 0 Å². The third-order valence-electron chi connectivity index (χ3n) is 7.58. The minimum Gasteiger partial charge on any atom is -0.493 e. The molecule has 0 bridgehead atoms. The summed E-state index contributed by atoms with van der Waals surface area (Å²) in [5, 5.41) is 2.33. The molecular weight excluding hydrogens is 575 g/mol. The number of rotatable bonds is 7. The van der Waals surface area contributed by atoms with Gasteiger partial charge in [0.1, 0.15) is 6.61 Å². The number of amidine groups is 1. The molecule has 9 heteroatoms. The second-order valence-electron chi connectivity index (χ2n) is 10.3. The zero-order valence-corrected chi connectivity index (χ0v) is 25.1. The molecule has 1 aliphatic heterocycles. The maximum absolute atomic E-state index is 13.7. The lowest BCUT2D eigenvalue weighted by atomic mass is 9.94. The summed E-state index contributed by atoms with van der Waals surface area (Å²) in [6, 6.07) is 9.42. The van der Waals surface area contributed by atoms with Gasteiger partial charge < -0.3 is 9.47 Å². The van der Waals surface area contributed by atoms with Crippen molar-refractivity contribution in [3.8, 4) is 11.5 Å². The van der Waals surface area contributed by atoms with Gasteiger partial charge >= 0.3 is 0 Å². The summed E-state index contributed by atoms with van der Waals surface area (Å²) in [5.74, 6) is 0.936. The Kier molecular flexibility index (Phi) is 9.70. The molecule has 3 aliphatic rings. The second-order valence-corrected chi connectivity index (χ2v) is 12.6. The Labute approximate surface area is 249 Å². The number of benzene rings is 2. The average Bonchev–Trinajstić information content (AvgIpc) is 3.23. The fourth-order valence-electron chi connectivity index (χ4n) is 5.51. The van der Waals surface area contributed by atoms with Gasteiger partial charge in [0.15, 0.2) is 16.7 Å². The maximum Gasteiger partial charge on any atom is 0.266 e. The van der Waals surface area contributed by atoms with Gasteiger partial charge in [0.25, 0.3) is 5.91 Å². The molecule has 5 nitrogen and oxygen atoms in total. The van der Waals surface area contributed by atoms with Crippen molar-refractivity contribution in [3.05, 3.63) is 61.4 Å². The molecule has 0 N–H and O–H groups in total. The molecule has 1 saturated heterocycles. The van der Waals surface area contributed by atoms with Crippen molar-refractivity contribution < 1.29 is 14.3 Å². The van der Waals surface area contributed by atoms with Crippen LogP contribution in [0.4, 0.5) is 0 Å². The summed E-state index contributed by atoms with van der Waals surface area (Å²) in [4.78, 5) is 21.5. The van der Waals surface area contributed by atoms with Gasteiger partial charge in [0.05, 0.1) is 23.1 Å². The van der Waals surface area contributed by atoms with Crippen molar-refractivity contribution in [3.63, 3.8) is 0 Å². The maximum atomic E-state index is 13.7. The van der Waals surface area contributed by atoms with Gasteiger partial charge in [-0.25, -0.2) is 0 Å². The first kappa shape index (κ1) is 28.7. The number of aliphatic imine (C=N–C) groups is 1. The Balaban J connectivity index is 1.40. The van der Waals surface area contributed by atoms with Gasteiger partial charge in [-0.3, -0.25) is 14.7 Å². The van der Waals surface area contributed by atoms with E-state index in [1.165, 1.54) is 37.4 Å². The zero-order chi connectivity index (χ0) is 27.4. The molecule has 0 aromatic heterocycles. The molecule has 1 heterocycles. The number of nitrogens with zero attached hydrogens (tertiary/aromatic N) is 2. The highest BCUT2D eigenvalue weighted by Gasteiger charge is 2.39. The van der Waals surface area contributed by atoms with Crippen LogP contribution >= 0.6 is 46.6 Å². The van der Waals surface area contributed by atoms with Crippen molar-refractivity contribution in [2.24, 2.45) is 4.99 Å². The van der Waals surface area contributed by atoms with E-state index in [4.69, 9.17) is 49.3 Å². The minimum absolute atomic E-state index is 0.0363. The number of halogens is 3. The number of ether oxygens (including phenoxy) is 2. The molecular formula is C30H33Cl3N2O3S. The van der Waals surface area contributed by atoms with Crippen LogP contribution in [0.15, 0.2) is 40.2 Å². The number of hydrogen-bond acceptors (Lipinski definition) is 5. The lowest BCUT2D eigenvalue weighted by Gasteiger charge is -2.31. The van der Waals surface area contributed by atoms with Crippen molar-refractivity contribution in [2.45, 2.75) is 82.9 Å². The quantitative estimate of drug-likeness (QED) is 0.295. The highest BCUT2D eigenvalue weighted by atomic mass is 35.5. The molecule has 2 aromatic carbocycles. The second kappa shape index (κ2) is 13.2. The average molecular weight is 608 g/mol. The molecule has 208 valence electrons. The molecule has 2 aliphatic carbocycles. The van der Waals surface area contributed by atoms with Crippen molar-refractivity contribution in [2.75, 3.05) is 7.11 Å². The Morgan fingerprint density at radius 1 is 0.974 bits per heavy atom. The Morgan fingerprint density at radius 2 is 1.69 bits per heavy atom. The van der Waals surface area contributed by atoms with Gasteiger partial charge in [-0.1, -0.05) is 79.4 Å². The van der Waals surface area contributed by atoms with Crippen LogP contribution in [0.5, 0.6) is 11.5 Å². The molecule has 0 spiro atoms. The van der Waals surface area contributed by atoms with Gasteiger partial charge in [-0.2, -0.15) is 0 Å². The lowest BCUT2D eigenvalue weighted by molar-refractivity contribution is -0.124. The number of methoxy groups -OCH3 is 1. The van der Waals surface area contributed by atoms with Gasteiger partial charge in [0.2, 0.25) is 0 Å². The fourth-order valence-corrected chi connectivity index (χ4v) is 7.35. The first-order valence-corrected chi connectivity index (χ1v) is 15.6. The molecule has 0 unspecified atom stereocenters. The number of hydrogen-bond donors (Lipinski definition) is 0. The summed E-state index contributed by atoms with van der Waals surface area (Å²) in [6.07, 6.45) is 13.4. The smallest absolute Gasteiger partial charge is 0.266 e. The lowest BCUT2D eigenvalue weighted by Crippen LogP contribution is -2.41. The van der Waals surface area contributed by atoms with E-state index >= 15 is 0 Å². The van der Waals surface area contributed by atoms with Crippen LogP contribution < -0.4 is 9.47 Å². The van der Waals surface area contributed by atoms with Crippen LogP contribution in [0.1, 0.15) is 75.3 Å². The highest BCUT2D eigenvalue weighted by Crippen LogP contribution is 2.41. The molecule has 0 atom stereocenters. The van der Waals surface area contributed by atoms with E-state index in [0.717, 1.165) is 54.8 Å². The number of carbonyl (C=O) groups is 1. The van der Waals surface area contributed by atoms with E-state index in [-0.39, 0.29) is 18.6 Å². The van der Waals surface area contributed by atoms with Gasteiger partial charge in [-0.05, 0) is 73.4 Å². The molecule has 1 amide bonds. The van der Waals surface area contributed by atoms with Crippen LogP contribution in [0.25, 0.3) is 6.08 Å². The monoisotopic (exact) mass is 606 g/mol. The summed E-state index contributed by atoms with van der Waals surface area (Å²) in [6.45, 7) is 0.207. The van der Waals surface area contributed by atoms with Gasteiger partial charge in [-0.15, -0.1) is 0 Å². The third-order valence-corrected chi connectivity index (χ3v) is 9.45.